The highest BCUT2D eigenvalue weighted by Crippen LogP contribution is 2.34. The minimum Gasteiger partial charge on any atom is -0.444 e. The molecule has 0 bridgehead atoms. The number of amides is 3. The highest BCUT2D eigenvalue weighted by molar-refractivity contribution is 6.28. The SMILES string of the molecule is CN1CCN(c2ncc(-c3cccc(C[C@@H](C(N)=O)N(C(=O)C4CCC(CNC(=O)OC(C)(C)C)CC4)c4ccc(-c5n[nH]c(Cl)n5)cc4)c3)cn2)CC1. The molecule has 3 amide bonds. The summed E-state index contributed by atoms with van der Waals surface area (Å²) in [6, 6.07) is 14.0. The van der Waals surface area contributed by atoms with E-state index in [0.717, 1.165) is 55.7 Å². The maximum absolute atomic E-state index is 14.5. The van der Waals surface area contributed by atoms with Crippen molar-refractivity contribution in [2.24, 2.45) is 17.6 Å². The molecule has 0 spiro atoms. The first-order chi connectivity index (χ1) is 25.8. The summed E-state index contributed by atoms with van der Waals surface area (Å²) in [4.78, 5) is 59.7. The molecule has 2 aliphatic rings. The predicted octanol–water partition coefficient (Wildman–Crippen LogP) is 5.09. The molecule has 2 aromatic carbocycles. The Balaban J connectivity index is 1.21. The predicted molar refractivity (Wildman–Crippen MR) is 208 cm³/mol. The fraction of sp³-hybridized carbons (Fsp3) is 0.462. The molecule has 54 heavy (non-hydrogen) atoms. The number of carbonyl (C=O) groups excluding carboxylic acids is 3. The van der Waals surface area contributed by atoms with Gasteiger partial charge in [0, 0.05) is 74.3 Å². The Morgan fingerprint density at radius 2 is 1.67 bits per heavy atom. The van der Waals surface area contributed by atoms with E-state index in [0.29, 0.717) is 42.4 Å². The Morgan fingerprint density at radius 1 is 0.981 bits per heavy atom. The van der Waals surface area contributed by atoms with Gasteiger partial charge < -0.3 is 25.6 Å². The van der Waals surface area contributed by atoms with Crippen molar-refractivity contribution < 1.29 is 19.1 Å². The molecule has 3 heterocycles. The summed E-state index contributed by atoms with van der Waals surface area (Å²) in [5, 5.41) is 9.79. The Hall–Kier alpha value is -5.08. The number of nitrogens with two attached hydrogens (primary N) is 1. The molecule has 15 heteroatoms. The van der Waals surface area contributed by atoms with Crippen LogP contribution in [0, 0.1) is 11.8 Å². The summed E-state index contributed by atoms with van der Waals surface area (Å²) in [5.74, 6) is 0.196. The summed E-state index contributed by atoms with van der Waals surface area (Å²) in [7, 11) is 2.11. The van der Waals surface area contributed by atoms with Crippen LogP contribution in [0.25, 0.3) is 22.5 Å². The topological polar surface area (TPSA) is 176 Å². The van der Waals surface area contributed by atoms with Gasteiger partial charge in [0.25, 0.3) is 0 Å². The lowest BCUT2D eigenvalue weighted by Gasteiger charge is -2.36. The number of ether oxygens (including phenoxy) is 1. The van der Waals surface area contributed by atoms with Crippen LogP contribution in [0.15, 0.2) is 60.9 Å². The number of H-pyrrole nitrogens is 1. The maximum Gasteiger partial charge on any atom is 0.407 e. The van der Waals surface area contributed by atoms with E-state index in [1.54, 1.807) is 29.2 Å². The number of carbonyl (C=O) groups is 3. The molecule has 2 fully saturated rings. The van der Waals surface area contributed by atoms with Crippen molar-refractivity contribution in [2.45, 2.75) is 64.5 Å². The standard InChI is InChI=1S/C39H49ClN10O4/c1-39(2,3)54-38(53)44-22-25-8-10-28(11-9-25)35(52)50(31-14-12-27(13-15-31)34-45-36(40)47-46-34)32(33(41)51)21-26-6-5-7-29(20-26)30-23-42-37(43-24-30)49-18-16-48(4)17-19-49/h5-7,12-15,20,23-25,28,32H,8-11,16-19,21-22H2,1-4H3,(H2,41,51)(H,44,53)(H,45,46,47)/t25?,28?,32-/m0/s1. The minimum absolute atomic E-state index is 0.163. The average molecular weight is 757 g/mol. The zero-order valence-electron chi connectivity index (χ0n) is 31.3. The van der Waals surface area contributed by atoms with Crippen LogP contribution in [0.5, 0.6) is 0 Å². The van der Waals surface area contributed by atoms with Crippen LogP contribution >= 0.6 is 11.6 Å². The van der Waals surface area contributed by atoms with E-state index in [1.807, 2.05) is 57.4 Å². The molecule has 6 rings (SSSR count). The highest BCUT2D eigenvalue weighted by Gasteiger charge is 2.36. The molecular weight excluding hydrogens is 708 g/mol. The fourth-order valence-corrected chi connectivity index (χ4v) is 7.14. The van der Waals surface area contributed by atoms with E-state index in [1.165, 1.54) is 0 Å². The van der Waals surface area contributed by atoms with Crippen molar-refractivity contribution >= 4 is 41.1 Å². The van der Waals surface area contributed by atoms with Gasteiger partial charge in [0.15, 0.2) is 5.82 Å². The number of halogens is 1. The summed E-state index contributed by atoms with van der Waals surface area (Å²) in [5.41, 5.74) is 9.36. The lowest BCUT2D eigenvalue weighted by Crippen LogP contribution is -2.52. The van der Waals surface area contributed by atoms with E-state index in [9.17, 15) is 14.4 Å². The van der Waals surface area contributed by atoms with Gasteiger partial charge in [-0.1, -0.05) is 24.3 Å². The van der Waals surface area contributed by atoms with E-state index < -0.39 is 23.6 Å². The number of piperazine rings is 1. The third kappa shape index (κ3) is 9.91. The fourth-order valence-electron chi connectivity index (χ4n) is 7.02. The number of aromatic nitrogens is 5. The molecule has 286 valence electrons. The van der Waals surface area contributed by atoms with Crippen molar-refractivity contribution in [1.82, 2.24) is 35.4 Å². The number of nitrogens with one attached hydrogen (secondary N) is 2. The van der Waals surface area contributed by atoms with Gasteiger partial charge in [-0.3, -0.25) is 14.5 Å². The second-order valence-corrected chi connectivity index (χ2v) is 15.5. The summed E-state index contributed by atoms with van der Waals surface area (Å²) >= 11 is 5.97. The number of hydrogen-bond acceptors (Lipinski definition) is 10. The Kier molecular flexibility index (Phi) is 12.1. The molecule has 2 aromatic heterocycles. The van der Waals surface area contributed by atoms with Crippen LogP contribution in [0.4, 0.5) is 16.4 Å². The number of rotatable bonds is 11. The van der Waals surface area contributed by atoms with Crippen LogP contribution in [0.1, 0.15) is 52.0 Å². The maximum atomic E-state index is 14.5. The Morgan fingerprint density at radius 3 is 2.28 bits per heavy atom. The number of anilines is 2. The second-order valence-electron chi connectivity index (χ2n) is 15.2. The number of primary amides is 1. The van der Waals surface area contributed by atoms with E-state index >= 15 is 0 Å². The van der Waals surface area contributed by atoms with Gasteiger partial charge in [-0.15, -0.1) is 0 Å². The first-order valence-electron chi connectivity index (χ1n) is 18.5. The number of alkyl carbamates (subject to hydrolysis) is 1. The van der Waals surface area contributed by atoms with Crippen LogP contribution in [-0.4, -0.2) is 99.4 Å². The number of nitrogens with zero attached hydrogens (tertiary/aromatic N) is 7. The van der Waals surface area contributed by atoms with Gasteiger partial charge in [0.1, 0.15) is 11.6 Å². The summed E-state index contributed by atoms with van der Waals surface area (Å²) < 4.78 is 5.39. The van der Waals surface area contributed by atoms with Gasteiger partial charge in [-0.25, -0.2) is 19.9 Å². The second kappa shape index (κ2) is 16.9. The third-order valence-electron chi connectivity index (χ3n) is 9.98. The molecule has 0 radical (unpaired) electrons. The lowest BCUT2D eigenvalue weighted by atomic mass is 9.81. The first-order valence-corrected chi connectivity index (χ1v) is 18.8. The largest absolute Gasteiger partial charge is 0.444 e. The van der Waals surface area contributed by atoms with Crippen molar-refractivity contribution in [3.8, 4) is 22.5 Å². The van der Waals surface area contributed by atoms with Crippen molar-refractivity contribution in [1.29, 1.82) is 0 Å². The first kappa shape index (κ1) is 38.6. The number of hydrogen-bond donors (Lipinski definition) is 3. The highest BCUT2D eigenvalue weighted by atomic mass is 35.5. The third-order valence-corrected chi connectivity index (χ3v) is 10.2. The van der Waals surface area contributed by atoms with E-state index in [-0.39, 0.29) is 29.4 Å². The average Bonchev–Trinajstić information content (AvgIpc) is 3.60. The van der Waals surface area contributed by atoms with Gasteiger partial charge in [0.2, 0.25) is 23.0 Å². The molecule has 1 saturated carbocycles. The Labute approximate surface area is 320 Å². The molecule has 14 nitrogen and oxygen atoms in total. The van der Waals surface area contributed by atoms with Crippen LogP contribution in [0.3, 0.4) is 0 Å². The molecule has 1 atom stereocenters. The summed E-state index contributed by atoms with van der Waals surface area (Å²) in [6.07, 6.45) is 6.08. The van der Waals surface area contributed by atoms with Crippen molar-refractivity contribution in [3.05, 3.63) is 71.8 Å². The quantitative estimate of drug-likeness (QED) is 0.187. The molecule has 0 unspecified atom stereocenters. The van der Waals surface area contributed by atoms with Gasteiger partial charge in [-0.05, 0) is 106 Å². The smallest absolute Gasteiger partial charge is 0.407 e. The number of aromatic amines is 1. The number of benzene rings is 2. The molecular formula is C39H49ClN10O4. The van der Waals surface area contributed by atoms with Gasteiger partial charge >= 0.3 is 6.09 Å². The molecule has 1 saturated heterocycles. The van der Waals surface area contributed by atoms with Crippen LogP contribution in [-0.2, 0) is 20.7 Å². The zero-order chi connectivity index (χ0) is 38.4. The normalized spacial score (nSPS) is 18.5. The zero-order valence-corrected chi connectivity index (χ0v) is 32.1. The molecule has 4 aromatic rings. The minimum atomic E-state index is -0.973. The Bertz CT molecular complexity index is 1900. The number of likely N-dealkylation sites (N-methyl/N-ethyl adjacent to an activating group) is 1. The van der Waals surface area contributed by atoms with Crippen molar-refractivity contribution in [3.63, 3.8) is 0 Å². The molecule has 1 aliphatic heterocycles. The van der Waals surface area contributed by atoms with Gasteiger partial charge in [-0.2, -0.15) is 10.1 Å². The summed E-state index contributed by atoms with van der Waals surface area (Å²) in [6.45, 7) is 9.61. The monoisotopic (exact) mass is 756 g/mol. The lowest BCUT2D eigenvalue weighted by molar-refractivity contribution is -0.127. The molecule has 1 aliphatic carbocycles. The van der Waals surface area contributed by atoms with Crippen LogP contribution in [0.2, 0.25) is 5.28 Å². The van der Waals surface area contributed by atoms with Crippen LogP contribution < -0.4 is 20.9 Å². The van der Waals surface area contributed by atoms with E-state index in [4.69, 9.17) is 22.1 Å². The van der Waals surface area contributed by atoms with Crippen molar-refractivity contribution in [2.75, 3.05) is 49.6 Å². The van der Waals surface area contributed by atoms with E-state index in [2.05, 4.69) is 47.3 Å². The van der Waals surface area contributed by atoms with Gasteiger partial charge in [0.05, 0.1) is 0 Å². The molecule has 4 N–H and O–H groups in total.